The number of esters is 4. The first-order valence-corrected chi connectivity index (χ1v) is 22.0. The zero-order valence-electron chi connectivity index (χ0n) is 28.7. The molecule has 52 heavy (non-hydrogen) atoms. The lowest BCUT2D eigenvalue weighted by atomic mass is 9.84. The van der Waals surface area contributed by atoms with Gasteiger partial charge in [-0.15, -0.1) is 0 Å². The number of unbranched alkanes of at least 4 members (excludes halogenated alkanes) is 4. The van der Waals surface area contributed by atoms with Gasteiger partial charge in [0, 0.05) is 32.1 Å². The van der Waals surface area contributed by atoms with E-state index in [2.05, 4.69) is 63.7 Å². The summed E-state index contributed by atoms with van der Waals surface area (Å²) in [7, 11) is 0. The molecule has 0 unspecified atom stereocenters. The summed E-state index contributed by atoms with van der Waals surface area (Å²) >= 11 is 13.7. The van der Waals surface area contributed by atoms with E-state index in [9.17, 15) is 19.2 Å². The van der Waals surface area contributed by atoms with Crippen molar-refractivity contribution in [2.75, 3.05) is 47.7 Å². The van der Waals surface area contributed by atoms with Crippen LogP contribution in [0.2, 0.25) is 0 Å². The Morgan fingerprint density at radius 3 is 0.788 bits per heavy atom. The predicted molar refractivity (Wildman–Crippen MR) is 221 cm³/mol. The van der Waals surface area contributed by atoms with Crippen molar-refractivity contribution in [1.29, 1.82) is 0 Å². The van der Waals surface area contributed by atoms with E-state index in [4.69, 9.17) is 18.9 Å². The molecule has 5 aromatic carbocycles. The molecule has 0 fully saturated rings. The summed E-state index contributed by atoms with van der Waals surface area (Å²) < 4.78 is 22.8. The number of carbonyl (C=O) groups excluding carboxylic acids is 4. The van der Waals surface area contributed by atoms with E-state index in [0.29, 0.717) is 47.2 Å². The molecule has 0 aromatic heterocycles. The molecule has 0 saturated carbocycles. The number of carbonyl (C=O) groups is 4. The molecule has 0 amide bonds. The maximum Gasteiger partial charge on any atom is 0.338 e. The van der Waals surface area contributed by atoms with E-state index in [1.165, 1.54) is 0 Å². The molecule has 8 nitrogen and oxygen atoms in total. The number of rotatable bonds is 20. The van der Waals surface area contributed by atoms with Crippen molar-refractivity contribution in [2.24, 2.45) is 0 Å². The molecule has 0 aliphatic carbocycles. The van der Waals surface area contributed by atoms with Gasteiger partial charge in [0.25, 0.3) is 0 Å². The third-order valence-corrected chi connectivity index (χ3v) is 11.1. The monoisotopic (exact) mass is 964 g/mol. The van der Waals surface area contributed by atoms with Crippen molar-refractivity contribution in [3.05, 3.63) is 70.8 Å². The molecule has 0 N–H and O–H groups in total. The molecule has 0 spiro atoms. The zero-order chi connectivity index (χ0) is 37.0. The van der Waals surface area contributed by atoms with Crippen LogP contribution in [0.15, 0.2) is 48.5 Å². The Kier molecular flexibility index (Phi) is 15.6. The molecule has 5 rings (SSSR count). The van der Waals surface area contributed by atoms with Gasteiger partial charge in [-0.3, -0.25) is 0 Å². The largest absolute Gasteiger partial charge is 0.462 e. The Balaban J connectivity index is 1.75. The molecule has 12 heteroatoms. The fraction of sp³-hybridized carbons (Fsp3) is 0.400. The number of hydrogen-bond donors (Lipinski definition) is 0. The minimum Gasteiger partial charge on any atom is -0.462 e. The van der Waals surface area contributed by atoms with Crippen LogP contribution in [-0.2, 0) is 18.9 Å². The lowest BCUT2D eigenvalue weighted by Crippen LogP contribution is -2.13. The molecule has 0 bridgehead atoms. The summed E-state index contributed by atoms with van der Waals surface area (Å²) in [6.45, 7) is 0.967. The molecule has 0 aliphatic rings. The van der Waals surface area contributed by atoms with E-state index >= 15 is 0 Å². The quantitative estimate of drug-likeness (QED) is 0.0190. The van der Waals surface area contributed by atoms with Crippen molar-refractivity contribution in [3.8, 4) is 0 Å². The second-order valence-electron chi connectivity index (χ2n) is 12.3. The van der Waals surface area contributed by atoms with Gasteiger partial charge in [-0.05, 0) is 108 Å². The average Bonchev–Trinajstić information content (AvgIpc) is 3.16. The SMILES string of the molecule is O=C(OCCCCBr)c1ccc2c3ccc(C(=O)OCCCCBr)c4c(C(=O)OCCCCBr)ccc(c5ccc(C(=O)OCCCCBr)c1c25)c43. The number of alkyl halides is 4. The maximum atomic E-state index is 13.7. The van der Waals surface area contributed by atoms with Crippen molar-refractivity contribution in [2.45, 2.75) is 51.4 Å². The molecule has 5 aromatic rings. The molecular formula is C40H40Br4O8. The lowest BCUT2D eigenvalue weighted by Gasteiger charge is -2.20. The van der Waals surface area contributed by atoms with Gasteiger partial charge in [-0.1, -0.05) is 88.0 Å². The molecule has 0 atom stereocenters. The number of ether oxygens (including phenoxy) is 4. The van der Waals surface area contributed by atoms with Crippen LogP contribution in [0.5, 0.6) is 0 Å². The van der Waals surface area contributed by atoms with Crippen LogP contribution in [0.25, 0.3) is 43.1 Å². The van der Waals surface area contributed by atoms with Crippen molar-refractivity contribution >= 4 is 131 Å². The van der Waals surface area contributed by atoms with Gasteiger partial charge in [0.05, 0.1) is 48.7 Å². The highest BCUT2D eigenvalue weighted by molar-refractivity contribution is 9.09. The average molecular weight is 968 g/mol. The van der Waals surface area contributed by atoms with Crippen LogP contribution in [0.1, 0.15) is 92.8 Å². The first kappa shape index (κ1) is 40.4. The van der Waals surface area contributed by atoms with Crippen LogP contribution in [-0.4, -0.2) is 71.6 Å². The summed E-state index contributed by atoms with van der Waals surface area (Å²) in [6.07, 6.45) is 6.17. The van der Waals surface area contributed by atoms with Gasteiger partial charge in [-0.25, -0.2) is 19.2 Å². The van der Waals surface area contributed by atoms with Crippen LogP contribution in [0.4, 0.5) is 0 Å². The van der Waals surface area contributed by atoms with Gasteiger partial charge < -0.3 is 18.9 Å². The fourth-order valence-corrected chi connectivity index (χ4v) is 7.91. The normalized spacial score (nSPS) is 11.5. The van der Waals surface area contributed by atoms with E-state index in [1.54, 1.807) is 24.3 Å². The van der Waals surface area contributed by atoms with Crippen LogP contribution in [0, 0.1) is 0 Å². The van der Waals surface area contributed by atoms with Crippen molar-refractivity contribution < 1.29 is 38.1 Å². The second-order valence-corrected chi connectivity index (χ2v) is 15.4. The van der Waals surface area contributed by atoms with Crippen molar-refractivity contribution in [1.82, 2.24) is 0 Å². The minimum atomic E-state index is -0.529. The first-order valence-electron chi connectivity index (χ1n) is 17.5. The Labute approximate surface area is 336 Å². The molecule has 0 saturated heterocycles. The highest BCUT2D eigenvalue weighted by Crippen LogP contribution is 2.44. The van der Waals surface area contributed by atoms with E-state index < -0.39 is 23.9 Å². The van der Waals surface area contributed by atoms with Gasteiger partial charge in [-0.2, -0.15) is 0 Å². The molecule has 0 heterocycles. The summed E-state index contributed by atoms with van der Waals surface area (Å²) in [5, 5.41) is 8.43. The lowest BCUT2D eigenvalue weighted by molar-refractivity contribution is 0.0485. The molecular weight excluding hydrogens is 928 g/mol. The van der Waals surface area contributed by atoms with E-state index in [1.807, 2.05) is 24.3 Å². The number of hydrogen-bond acceptors (Lipinski definition) is 8. The zero-order valence-corrected chi connectivity index (χ0v) is 35.1. The van der Waals surface area contributed by atoms with Crippen molar-refractivity contribution in [3.63, 3.8) is 0 Å². The molecule has 276 valence electrons. The smallest absolute Gasteiger partial charge is 0.338 e. The standard InChI is InChI=1S/C40H40Br4O8/c41-17-1-5-21-49-37(45)29-13-9-25-27-11-15-31(39(47)51-23-7-3-19-43)36-32(40(48)52-24-8-4-20-44)16-12-28(34(27)36)26-10-14-30(35(29)33(25)26)38(46)50-22-6-2-18-42/h9-16H,1-8,17-24H2. The third-order valence-electron chi connectivity index (χ3n) is 8.83. The molecule has 0 radical (unpaired) electrons. The minimum absolute atomic E-state index is 0.242. The Morgan fingerprint density at radius 1 is 0.346 bits per heavy atom. The summed E-state index contributed by atoms with van der Waals surface area (Å²) in [6, 6.07) is 14.1. The van der Waals surface area contributed by atoms with Gasteiger partial charge >= 0.3 is 23.9 Å². The Bertz CT molecular complexity index is 1760. The summed E-state index contributed by atoms with van der Waals surface area (Å²) in [4.78, 5) is 54.6. The van der Waals surface area contributed by atoms with Gasteiger partial charge in [0.15, 0.2) is 0 Å². The summed E-state index contributed by atoms with van der Waals surface area (Å²) in [5.74, 6) is -2.12. The number of fused-ring (bicyclic) bond motifs is 2. The topological polar surface area (TPSA) is 105 Å². The number of benzene rings is 5. The maximum absolute atomic E-state index is 13.7. The highest BCUT2D eigenvalue weighted by Gasteiger charge is 2.27. The van der Waals surface area contributed by atoms with E-state index in [-0.39, 0.29) is 48.7 Å². The van der Waals surface area contributed by atoms with Gasteiger partial charge in [0.1, 0.15) is 0 Å². The number of halogens is 4. The first-order chi connectivity index (χ1) is 25.4. The predicted octanol–water partition coefficient (Wildman–Crippen LogP) is 11.1. The molecule has 0 aliphatic heterocycles. The second kappa shape index (κ2) is 20.0. The van der Waals surface area contributed by atoms with E-state index in [0.717, 1.165) is 68.5 Å². The fourth-order valence-electron chi connectivity index (χ4n) is 6.33. The third kappa shape index (κ3) is 9.10. The van der Waals surface area contributed by atoms with Gasteiger partial charge in [0.2, 0.25) is 0 Å². The van der Waals surface area contributed by atoms with Crippen LogP contribution < -0.4 is 0 Å². The Morgan fingerprint density at radius 2 is 0.577 bits per heavy atom. The highest BCUT2D eigenvalue weighted by atomic mass is 79.9. The Hall–Kier alpha value is -2.80. The van der Waals surface area contributed by atoms with Crippen LogP contribution >= 0.6 is 63.7 Å². The van der Waals surface area contributed by atoms with Crippen LogP contribution in [0.3, 0.4) is 0 Å². The summed E-state index contributed by atoms with van der Waals surface area (Å²) in [5.41, 5.74) is 1.05.